The molecule has 2 aromatic carbocycles. The molecule has 0 heterocycles. The molecule has 14 heavy (non-hydrogen) atoms. The first-order chi connectivity index (χ1) is 6.68. The van der Waals surface area contributed by atoms with Crippen molar-refractivity contribution in [2.24, 2.45) is 0 Å². The van der Waals surface area contributed by atoms with Crippen molar-refractivity contribution >= 4 is 16.6 Å². The molecule has 0 bridgehead atoms. The Morgan fingerprint density at radius 1 is 1.21 bits per heavy atom. The van der Waals surface area contributed by atoms with E-state index >= 15 is 0 Å². The smallest absolute Gasteiger partial charge is 0.160 e. The highest BCUT2D eigenvalue weighted by Gasteiger charge is 2.06. The number of hydrogen-bond acceptors (Lipinski definition) is 2. The van der Waals surface area contributed by atoms with Gasteiger partial charge in [-0.1, -0.05) is 24.3 Å². The molecule has 2 aromatic rings. The van der Waals surface area contributed by atoms with Gasteiger partial charge in [-0.25, -0.2) is 0 Å². The molecule has 0 amide bonds. The van der Waals surface area contributed by atoms with Crippen LogP contribution < -0.4 is 0 Å². The quantitative estimate of drug-likeness (QED) is 0.695. The van der Waals surface area contributed by atoms with Gasteiger partial charge in [-0.15, -0.1) is 0 Å². The number of carbonyl (C=O) groups is 1. The molecule has 70 valence electrons. The predicted molar refractivity (Wildman–Crippen MR) is 55.6 cm³/mol. The SMILES string of the molecule is CC(=O)c1cc(O)cc2ccccc12. The number of phenols is 1. The molecule has 2 rings (SSSR count). The monoisotopic (exact) mass is 186 g/mol. The molecule has 0 aliphatic carbocycles. The highest BCUT2D eigenvalue weighted by Crippen LogP contribution is 2.24. The summed E-state index contributed by atoms with van der Waals surface area (Å²) in [5.74, 6) is 0.103. The molecule has 0 atom stereocenters. The maximum Gasteiger partial charge on any atom is 0.160 e. The maximum atomic E-state index is 11.3. The Labute approximate surface area is 81.8 Å². The number of hydrogen-bond donors (Lipinski definition) is 1. The molecule has 2 heteroatoms. The normalized spacial score (nSPS) is 10.4. The predicted octanol–water partition coefficient (Wildman–Crippen LogP) is 2.75. The molecule has 0 saturated carbocycles. The Kier molecular flexibility index (Phi) is 1.97. The van der Waals surface area contributed by atoms with E-state index in [1.54, 1.807) is 6.07 Å². The topological polar surface area (TPSA) is 37.3 Å². The van der Waals surface area contributed by atoms with Gasteiger partial charge in [0.25, 0.3) is 0 Å². The van der Waals surface area contributed by atoms with E-state index in [1.165, 1.54) is 13.0 Å². The second-order valence-electron chi connectivity index (χ2n) is 3.27. The summed E-state index contributed by atoms with van der Waals surface area (Å²) in [5.41, 5.74) is 0.570. The molecular weight excluding hydrogens is 176 g/mol. The Morgan fingerprint density at radius 3 is 2.64 bits per heavy atom. The highest BCUT2D eigenvalue weighted by molar-refractivity contribution is 6.07. The van der Waals surface area contributed by atoms with Gasteiger partial charge in [-0.2, -0.15) is 0 Å². The Morgan fingerprint density at radius 2 is 1.93 bits per heavy atom. The molecule has 0 fully saturated rings. The van der Waals surface area contributed by atoms with E-state index in [2.05, 4.69) is 0 Å². The third-order valence-corrected chi connectivity index (χ3v) is 2.23. The van der Waals surface area contributed by atoms with Gasteiger partial charge >= 0.3 is 0 Å². The van der Waals surface area contributed by atoms with Crippen molar-refractivity contribution in [1.82, 2.24) is 0 Å². The summed E-state index contributed by atoms with van der Waals surface area (Å²) >= 11 is 0. The van der Waals surface area contributed by atoms with Gasteiger partial charge in [0.05, 0.1) is 0 Å². The van der Waals surface area contributed by atoms with Gasteiger partial charge in [0.15, 0.2) is 5.78 Å². The van der Waals surface area contributed by atoms with Crippen LogP contribution >= 0.6 is 0 Å². The van der Waals surface area contributed by atoms with Gasteiger partial charge in [0.2, 0.25) is 0 Å². The molecule has 0 aliphatic heterocycles. The van der Waals surface area contributed by atoms with Crippen LogP contribution in [0, 0.1) is 0 Å². The Hall–Kier alpha value is -1.83. The van der Waals surface area contributed by atoms with Crippen LogP contribution in [0.15, 0.2) is 36.4 Å². The second kappa shape index (κ2) is 3.14. The Bertz CT molecular complexity index is 501. The highest BCUT2D eigenvalue weighted by atomic mass is 16.3. The first kappa shape index (κ1) is 8.75. The average molecular weight is 186 g/mol. The molecule has 0 saturated heterocycles. The molecule has 1 N–H and O–H groups in total. The lowest BCUT2D eigenvalue weighted by Gasteiger charge is -2.03. The van der Waals surface area contributed by atoms with Crippen LogP contribution in [0.25, 0.3) is 10.8 Å². The van der Waals surface area contributed by atoms with Crippen molar-refractivity contribution in [3.8, 4) is 5.75 Å². The number of benzene rings is 2. The van der Waals surface area contributed by atoms with Crippen molar-refractivity contribution in [3.63, 3.8) is 0 Å². The zero-order valence-corrected chi connectivity index (χ0v) is 7.82. The summed E-state index contributed by atoms with van der Waals surface area (Å²) in [6, 6.07) is 10.7. The minimum atomic E-state index is -0.0305. The minimum Gasteiger partial charge on any atom is -0.508 e. The number of rotatable bonds is 1. The van der Waals surface area contributed by atoms with Gasteiger partial charge in [0.1, 0.15) is 5.75 Å². The van der Waals surface area contributed by atoms with Crippen LogP contribution in [0.1, 0.15) is 17.3 Å². The second-order valence-corrected chi connectivity index (χ2v) is 3.27. The molecule has 0 unspecified atom stereocenters. The molecule has 0 aliphatic rings. The standard InChI is InChI=1S/C12H10O2/c1-8(13)12-7-10(14)6-9-4-2-3-5-11(9)12/h2-7,14H,1H3. The average Bonchev–Trinajstić information content (AvgIpc) is 2.16. The molecule has 0 radical (unpaired) electrons. The van der Waals surface area contributed by atoms with Crippen LogP contribution in [0.2, 0.25) is 0 Å². The summed E-state index contributed by atoms with van der Waals surface area (Å²) in [6.45, 7) is 1.50. The molecule has 2 nitrogen and oxygen atoms in total. The minimum absolute atomic E-state index is 0.0305. The van der Waals surface area contributed by atoms with Gasteiger partial charge in [0, 0.05) is 5.56 Å². The molecule has 0 aromatic heterocycles. The van der Waals surface area contributed by atoms with Crippen LogP contribution in [0.5, 0.6) is 5.75 Å². The van der Waals surface area contributed by atoms with Crippen molar-refractivity contribution in [1.29, 1.82) is 0 Å². The third-order valence-electron chi connectivity index (χ3n) is 2.23. The summed E-state index contributed by atoms with van der Waals surface area (Å²) < 4.78 is 0. The van der Waals surface area contributed by atoms with Crippen molar-refractivity contribution < 1.29 is 9.90 Å². The lowest BCUT2D eigenvalue weighted by Crippen LogP contribution is -1.93. The Balaban J connectivity index is 2.87. The van der Waals surface area contributed by atoms with E-state index in [0.29, 0.717) is 5.56 Å². The lowest BCUT2D eigenvalue weighted by molar-refractivity contribution is 0.101. The number of Topliss-reactive ketones (excluding diaryl/α,β-unsaturated/α-hetero) is 1. The van der Waals surface area contributed by atoms with Crippen molar-refractivity contribution in [3.05, 3.63) is 42.0 Å². The van der Waals surface area contributed by atoms with Crippen LogP contribution in [-0.4, -0.2) is 10.9 Å². The van der Waals surface area contributed by atoms with Gasteiger partial charge < -0.3 is 5.11 Å². The third kappa shape index (κ3) is 1.35. The van der Waals surface area contributed by atoms with E-state index in [-0.39, 0.29) is 11.5 Å². The van der Waals surface area contributed by atoms with Crippen LogP contribution in [-0.2, 0) is 0 Å². The number of fused-ring (bicyclic) bond motifs is 1. The van der Waals surface area contributed by atoms with Crippen LogP contribution in [0.4, 0.5) is 0 Å². The van der Waals surface area contributed by atoms with E-state index in [4.69, 9.17) is 0 Å². The fourth-order valence-electron chi connectivity index (χ4n) is 1.59. The summed E-state index contributed by atoms with van der Waals surface area (Å²) in [6.07, 6.45) is 0. The number of aromatic hydroxyl groups is 1. The van der Waals surface area contributed by atoms with E-state index in [0.717, 1.165) is 10.8 Å². The fourth-order valence-corrected chi connectivity index (χ4v) is 1.59. The summed E-state index contributed by atoms with van der Waals surface area (Å²) in [5, 5.41) is 11.2. The number of phenolic OH excluding ortho intramolecular Hbond substituents is 1. The summed E-state index contributed by atoms with van der Waals surface area (Å²) in [7, 11) is 0. The fraction of sp³-hybridized carbons (Fsp3) is 0.0833. The van der Waals surface area contributed by atoms with Crippen molar-refractivity contribution in [2.75, 3.05) is 0 Å². The van der Waals surface area contributed by atoms with Gasteiger partial charge in [-0.05, 0) is 29.8 Å². The summed E-state index contributed by atoms with van der Waals surface area (Å²) in [4.78, 5) is 11.3. The zero-order valence-electron chi connectivity index (χ0n) is 7.82. The number of carbonyl (C=O) groups excluding carboxylic acids is 1. The van der Waals surface area contributed by atoms with Crippen molar-refractivity contribution in [2.45, 2.75) is 6.92 Å². The van der Waals surface area contributed by atoms with E-state index < -0.39 is 0 Å². The van der Waals surface area contributed by atoms with Crippen LogP contribution in [0.3, 0.4) is 0 Å². The lowest BCUT2D eigenvalue weighted by atomic mass is 10.0. The molecular formula is C12H10O2. The number of ketones is 1. The zero-order chi connectivity index (χ0) is 10.1. The maximum absolute atomic E-state index is 11.3. The first-order valence-corrected chi connectivity index (χ1v) is 4.41. The molecule has 0 spiro atoms. The first-order valence-electron chi connectivity index (χ1n) is 4.41. The largest absolute Gasteiger partial charge is 0.508 e. The van der Waals surface area contributed by atoms with E-state index in [9.17, 15) is 9.90 Å². The van der Waals surface area contributed by atoms with E-state index in [1.807, 2.05) is 24.3 Å². The van der Waals surface area contributed by atoms with Gasteiger partial charge in [-0.3, -0.25) is 4.79 Å².